The monoisotopic (exact) mass is 326 g/mol. The van der Waals surface area contributed by atoms with Gasteiger partial charge in [-0.1, -0.05) is 30.3 Å². The Kier molecular flexibility index (Phi) is 5.00. The van der Waals surface area contributed by atoms with E-state index >= 15 is 0 Å². The van der Waals surface area contributed by atoms with E-state index in [1.807, 2.05) is 29.3 Å². The fraction of sp³-hybridized carbons (Fsp3) is 0.474. The van der Waals surface area contributed by atoms with Crippen molar-refractivity contribution in [3.8, 4) is 0 Å². The zero-order valence-electron chi connectivity index (χ0n) is 14.7. The standard InChI is InChI=1S/C19H26N4O/c1-15(2)23-18(9-10-20-23)13-21-11-12-22(16(3)24)19(14-21)17-7-5-4-6-8-17/h4-10,15,19H,11-14H2,1-3H3/t19-/m1/s1. The molecule has 0 radical (unpaired) electrons. The number of aromatic nitrogens is 2. The zero-order valence-corrected chi connectivity index (χ0v) is 14.7. The van der Waals surface area contributed by atoms with E-state index in [1.54, 1.807) is 6.92 Å². The molecule has 1 aliphatic heterocycles. The largest absolute Gasteiger partial charge is 0.333 e. The van der Waals surface area contributed by atoms with Crippen molar-refractivity contribution in [1.82, 2.24) is 19.6 Å². The number of carbonyl (C=O) groups excluding carboxylic acids is 1. The molecule has 5 nitrogen and oxygen atoms in total. The Balaban J connectivity index is 1.78. The Morgan fingerprint density at radius 3 is 2.62 bits per heavy atom. The number of benzene rings is 1. The highest BCUT2D eigenvalue weighted by atomic mass is 16.2. The van der Waals surface area contributed by atoms with Crippen molar-refractivity contribution in [1.29, 1.82) is 0 Å². The molecule has 2 aromatic rings. The second kappa shape index (κ2) is 7.18. The van der Waals surface area contributed by atoms with Crippen molar-refractivity contribution < 1.29 is 4.79 Å². The molecule has 128 valence electrons. The quantitative estimate of drug-likeness (QED) is 0.867. The van der Waals surface area contributed by atoms with Gasteiger partial charge in [-0.15, -0.1) is 0 Å². The molecular formula is C19H26N4O. The molecule has 0 bridgehead atoms. The lowest BCUT2D eigenvalue weighted by atomic mass is 10.0. The first-order valence-corrected chi connectivity index (χ1v) is 8.63. The molecule has 24 heavy (non-hydrogen) atoms. The Morgan fingerprint density at radius 1 is 1.21 bits per heavy atom. The summed E-state index contributed by atoms with van der Waals surface area (Å²) in [4.78, 5) is 16.5. The lowest BCUT2D eigenvalue weighted by Gasteiger charge is -2.41. The lowest BCUT2D eigenvalue weighted by Crippen LogP contribution is -2.49. The zero-order chi connectivity index (χ0) is 17.1. The van der Waals surface area contributed by atoms with Crippen LogP contribution in [0.4, 0.5) is 0 Å². The van der Waals surface area contributed by atoms with Gasteiger partial charge in [0.15, 0.2) is 0 Å². The first kappa shape index (κ1) is 16.7. The van der Waals surface area contributed by atoms with Gasteiger partial charge in [0, 0.05) is 45.3 Å². The van der Waals surface area contributed by atoms with Crippen LogP contribution < -0.4 is 0 Å². The number of piperazine rings is 1. The summed E-state index contributed by atoms with van der Waals surface area (Å²) >= 11 is 0. The maximum absolute atomic E-state index is 12.0. The van der Waals surface area contributed by atoms with Crippen LogP contribution in [0.5, 0.6) is 0 Å². The molecule has 3 rings (SSSR count). The van der Waals surface area contributed by atoms with Gasteiger partial charge in [0.25, 0.3) is 0 Å². The lowest BCUT2D eigenvalue weighted by molar-refractivity contribution is -0.134. The summed E-state index contributed by atoms with van der Waals surface area (Å²) in [7, 11) is 0. The van der Waals surface area contributed by atoms with Gasteiger partial charge < -0.3 is 4.90 Å². The van der Waals surface area contributed by atoms with E-state index in [0.29, 0.717) is 6.04 Å². The molecular weight excluding hydrogens is 300 g/mol. The average molecular weight is 326 g/mol. The molecule has 1 aromatic carbocycles. The van der Waals surface area contributed by atoms with Crippen LogP contribution in [0.25, 0.3) is 0 Å². The molecule has 1 atom stereocenters. The van der Waals surface area contributed by atoms with E-state index in [0.717, 1.165) is 26.2 Å². The summed E-state index contributed by atoms with van der Waals surface area (Å²) in [5.41, 5.74) is 2.43. The highest BCUT2D eigenvalue weighted by molar-refractivity contribution is 5.74. The summed E-state index contributed by atoms with van der Waals surface area (Å²) in [5, 5.41) is 4.43. The second-order valence-electron chi connectivity index (χ2n) is 6.73. The van der Waals surface area contributed by atoms with Crippen molar-refractivity contribution in [2.75, 3.05) is 19.6 Å². The molecule has 1 fully saturated rings. The van der Waals surface area contributed by atoms with E-state index in [2.05, 4.69) is 46.7 Å². The highest BCUT2D eigenvalue weighted by Gasteiger charge is 2.30. The summed E-state index contributed by atoms with van der Waals surface area (Å²) in [5.74, 6) is 0.149. The minimum absolute atomic E-state index is 0.118. The number of rotatable bonds is 4. The Morgan fingerprint density at radius 2 is 1.96 bits per heavy atom. The van der Waals surface area contributed by atoms with Gasteiger partial charge in [-0.25, -0.2) is 0 Å². The normalized spacial score (nSPS) is 19.0. The Bertz CT molecular complexity index is 680. The number of carbonyl (C=O) groups is 1. The first-order chi connectivity index (χ1) is 11.6. The van der Waals surface area contributed by atoms with Crippen LogP contribution in [0, 0.1) is 0 Å². The number of amides is 1. The topological polar surface area (TPSA) is 41.4 Å². The highest BCUT2D eigenvalue weighted by Crippen LogP contribution is 2.26. The molecule has 0 N–H and O–H groups in total. The fourth-order valence-electron chi connectivity index (χ4n) is 3.48. The van der Waals surface area contributed by atoms with Gasteiger partial charge >= 0.3 is 0 Å². The van der Waals surface area contributed by atoms with Crippen LogP contribution in [0.3, 0.4) is 0 Å². The van der Waals surface area contributed by atoms with Crippen molar-refractivity contribution in [2.45, 2.75) is 39.4 Å². The van der Waals surface area contributed by atoms with Crippen LogP contribution in [-0.2, 0) is 11.3 Å². The van der Waals surface area contributed by atoms with Crippen LogP contribution >= 0.6 is 0 Å². The van der Waals surface area contributed by atoms with E-state index < -0.39 is 0 Å². The SMILES string of the molecule is CC(=O)N1CCN(Cc2ccnn2C(C)C)C[C@@H]1c1ccccc1. The minimum atomic E-state index is 0.118. The third kappa shape index (κ3) is 3.51. The van der Waals surface area contributed by atoms with E-state index in [1.165, 1.54) is 11.3 Å². The van der Waals surface area contributed by atoms with Crippen LogP contribution in [0.2, 0.25) is 0 Å². The summed E-state index contributed by atoms with van der Waals surface area (Å²) in [6.45, 7) is 9.35. The summed E-state index contributed by atoms with van der Waals surface area (Å²) in [6.07, 6.45) is 1.87. The van der Waals surface area contributed by atoms with Crippen molar-refractivity contribution >= 4 is 5.91 Å². The summed E-state index contributed by atoms with van der Waals surface area (Å²) < 4.78 is 2.08. The third-order valence-electron chi connectivity index (χ3n) is 4.68. The van der Waals surface area contributed by atoms with E-state index in [-0.39, 0.29) is 11.9 Å². The number of nitrogens with zero attached hydrogens (tertiary/aromatic N) is 4. The molecule has 0 aliphatic carbocycles. The number of hydrogen-bond donors (Lipinski definition) is 0. The average Bonchev–Trinajstić information content (AvgIpc) is 3.04. The van der Waals surface area contributed by atoms with Crippen LogP contribution in [0.15, 0.2) is 42.6 Å². The van der Waals surface area contributed by atoms with E-state index in [9.17, 15) is 4.79 Å². The molecule has 1 aliphatic rings. The smallest absolute Gasteiger partial charge is 0.220 e. The van der Waals surface area contributed by atoms with E-state index in [4.69, 9.17) is 0 Å². The predicted molar refractivity (Wildman–Crippen MR) is 94.5 cm³/mol. The molecule has 0 unspecified atom stereocenters. The maximum Gasteiger partial charge on any atom is 0.220 e. The van der Waals surface area contributed by atoms with Gasteiger partial charge in [0.05, 0.1) is 11.7 Å². The van der Waals surface area contributed by atoms with Gasteiger partial charge in [-0.05, 0) is 25.5 Å². The van der Waals surface area contributed by atoms with Crippen LogP contribution in [-0.4, -0.2) is 45.1 Å². The minimum Gasteiger partial charge on any atom is -0.333 e. The van der Waals surface area contributed by atoms with Crippen LogP contribution in [0.1, 0.15) is 44.1 Å². The fourth-order valence-corrected chi connectivity index (χ4v) is 3.48. The molecule has 0 spiro atoms. The molecule has 5 heteroatoms. The Labute approximate surface area is 143 Å². The Hall–Kier alpha value is -2.14. The van der Waals surface area contributed by atoms with Crippen molar-refractivity contribution in [2.24, 2.45) is 0 Å². The molecule has 0 saturated carbocycles. The number of hydrogen-bond acceptors (Lipinski definition) is 3. The van der Waals surface area contributed by atoms with Crippen molar-refractivity contribution in [3.63, 3.8) is 0 Å². The summed E-state index contributed by atoms with van der Waals surface area (Å²) in [6, 6.07) is 12.9. The predicted octanol–water partition coefficient (Wildman–Crippen LogP) is 2.87. The molecule has 1 amide bonds. The van der Waals surface area contributed by atoms with Gasteiger partial charge in [-0.2, -0.15) is 5.10 Å². The van der Waals surface area contributed by atoms with Gasteiger partial charge in [-0.3, -0.25) is 14.4 Å². The van der Waals surface area contributed by atoms with Gasteiger partial charge in [0.1, 0.15) is 0 Å². The first-order valence-electron chi connectivity index (χ1n) is 8.63. The van der Waals surface area contributed by atoms with Crippen molar-refractivity contribution in [3.05, 3.63) is 53.9 Å². The molecule has 1 saturated heterocycles. The molecule has 2 heterocycles. The van der Waals surface area contributed by atoms with Gasteiger partial charge in [0.2, 0.25) is 5.91 Å². The third-order valence-corrected chi connectivity index (χ3v) is 4.68. The maximum atomic E-state index is 12.0. The molecule has 1 aromatic heterocycles. The second-order valence-corrected chi connectivity index (χ2v) is 6.73.